The van der Waals surface area contributed by atoms with E-state index in [2.05, 4.69) is 0 Å². The van der Waals surface area contributed by atoms with E-state index < -0.39 is 34.0 Å². The van der Waals surface area contributed by atoms with Crippen molar-refractivity contribution < 1.29 is 18.1 Å². The summed E-state index contributed by atoms with van der Waals surface area (Å²) in [5.74, 6) is -1.80. The number of hydrogen-bond acceptors (Lipinski definition) is 3. The molecule has 14 heavy (non-hydrogen) atoms. The Morgan fingerprint density at radius 2 is 2.07 bits per heavy atom. The van der Waals surface area contributed by atoms with E-state index in [4.69, 9.17) is 0 Å². The standard InChI is InChI=1S/C6H3F3N2O3/c7-3-2(5(8)9)1-10-6(12)4(3)11(13)14/h1,5H,(H,10,12). The van der Waals surface area contributed by atoms with Gasteiger partial charge in [0.05, 0.1) is 10.5 Å². The van der Waals surface area contributed by atoms with Crippen molar-refractivity contribution >= 4 is 5.69 Å². The maximum atomic E-state index is 12.9. The molecule has 76 valence electrons. The molecule has 0 radical (unpaired) electrons. The van der Waals surface area contributed by atoms with E-state index in [-0.39, 0.29) is 0 Å². The molecule has 1 N–H and O–H groups in total. The maximum Gasteiger partial charge on any atom is 0.369 e. The third-order valence-electron chi connectivity index (χ3n) is 1.45. The van der Waals surface area contributed by atoms with Gasteiger partial charge in [0.2, 0.25) is 5.82 Å². The molecule has 0 aliphatic carbocycles. The average molecular weight is 208 g/mol. The van der Waals surface area contributed by atoms with E-state index in [9.17, 15) is 28.1 Å². The summed E-state index contributed by atoms with van der Waals surface area (Å²) < 4.78 is 36.9. The van der Waals surface area contributed by atoms with Crippen LogP contribution in [0.25, 0.3) is 0 Å². The van der Waals surface area contributed by atoms with Crippen LogP contribution in [0.15, 0.2) is 11.0 Å². The summed E-state index contributed by atoms with van der Waals surface area (Å²) in [5, 5.41) is 10.1. The van der Waals surface area contributed by atoms with Crippen molar-refractivity contribution in [1.82, 2.24) is 4.98 Å². The molecule has 1 aromatic rings. The number of nitro groups is 1. The highest BCUT2D eigenvalue weighted by atomic mass is 19.3. The van der Waals surface area contributed by atoms with E-state index in [1.165, 1.54) is 0 Å². The molecule has 0 spiro atoms. The molecule has 0 aliphatic heterocycles. The van der Waals surface area contributed by atoms with Gasteiger partial charge in [0.1, 0.15) is 0 Å². The van der Waals surface area contributed by atoms with Gasteiger partial charge in [-0.15, -0.1) is 0 Å². The summed E-state index contributed by atoms with van der Waals surface area (Å²) in [7, 11) is 0. The van der Waals surface area contributed by atoms with Crippen LogP contribution in [0.2, 0.25) is 0 Å². The Kier molecular flexibility index (Phi) is 2.54. The van der Waals surface area contributed by atoms with Crippen molar-refractivity contribution in [2.24, 2.45) is 0 Å². The van der Waals surface area contributed by atoms with Crippen molar-refractivity contribution in [2.75, 3.05) is 0 Å². The molecule has 0 aromatic carbocycles. The molecule has 1 heterocycles. The quantitative estimate of drug-likeness (QED) is 0.588. The third-order valence-corrected chi connectivity index (χ3v) is 1.45. The Morgan fingerprint density at radius 3 is 2.50 bits per heavy atom. The van der Waals surface area contributed by atoms with Crippen LogP contribution in [0.3, 0.4) is 0 Å². The predicted octanol–water partition coefficient (Wildman–Crippen LogP) is 1.36. The predicted molar refractivity (Wildman–Crippen MR) is 38.6 cm³/mol. The second kappa shape index (κ2) is 3.48. The second-order valence-electron chi connectivity index (χ2n) is 2.29. The molecule has 1 aromatic heterocycles. The maximum absolute atomic E-state index is 12.9. The zero-order valence-corrected chi connectivity index (χ0v) is 6.46. The van der Waals surface area contributed by atoms with Gasteiger partial charge in [-0.3, -0.25) is 14.9 Å². The lowest BCUT2D eigenvalue weighted by Gasteiger charge is -2.00. The van der Waals surface area contributed by atoms with Crippen molar-refractivity contribution in [3.63, 3.8) is 0 Å². The molecule has 5 nitrogen and oxygen atoms in total. The van der Waals surface area contributed by atoms with Crippen LogP contribution in [-0.2, 0) is 0 Å². The first-order valence-corrected chi connectivity index (χ1v) is 3.28. The van der Waals surface area contributed by atoms with Gasteiger partial charge in [-0.2, -0.15) is 4.39 Å². The van der Waals surface area contributed by atoms with Crippen molar-refractivity contribution in [2.45, 2.75) is 6.43 Å². The van der Waals surface area contributed by atoms with Crippen molar-refractivity contribution in [3.8, 4) is 0 Å². The minimum absolute atomic E-state index is 0.412. The highest BCUT2D eigenvalue weighted by molar-refractivity contribution is 5.33. The Balaban J connectivity index is 3.49. The molecule has 8 heteroatoms. The fourth-order valence-corrected chi connectivity index (χ4v) is 0.833. The molecular weight excluding hydrogens is 205 g/mol. The van der Waals surface area contributed by atoms with Gasteiger partial charge in [-0.05, 0) is 0 Å². The van der Waals surface area contributed by atoms with Crippen LogP contribution in [0.1, 0.15) is 12.0 Å². The molecule has 0 amide bonds. The molecule has 0 fully saturated rings. The topological polar surface area (TPSA) is 76.0 Å². The minimum Gasteiger partial charge on any atom is -0.323 e. The number of pyridine rings is 1. The van der Waals surface area contributed by atoms with Crippen LogP contribution in [-0.4, -0.2) is 9.91 Å². The molecule has 1 rings (SSSR count). The monoisotopic (exact) mass is 208 g/mol. The molecular formula is C6H3F3N2O3. The van der Waals surface area contributed by atoms with Crippen LogP contribution in [0.5, 0.6) is 0 Å². The Morgan fingerprint density at radius 1 is 1.50 bits per heavy atom. The molecule has 0 bridgehead atoms. The first kappa shape index (κ1) is 10.2. The molecule has 0 unspecified atom stereocenters. The summed E-state index contributed by atoms with van der Waals surface area (Å²) in [5.41, 5.74) is -4.05. The van der Waals surface area contributed by atoms with Gasteiger partial charge < -0.3 is 4.98 Å². The number of aromatic amines is 1. The van der Waals surface area contributed by atoms with E-state index in [0.29, 0.717) is 6.20 Å². The highest BCUT2D eigenvalue weighted by Gasteiger charge is 2.26. The summed E-state index contributed by atoms with van der Waals surface area (Å²) in [6.07, 6.45) is -2.81. The largest absolute Gasteiger partial charge is 0.369 e. The number of nitrogens with one attached hydrogen (secondary N) is 1. The average Bonchev–Trinajstić information content (AvgIpc) is 2.02. The zero-order chi connectivity index (χ0) is 10.9. The van der Waals surface area contributed by atoms with Gasteiger partial charge >= 0.3 is 11.2 Å². The van der Waals surface area contributed by atoms with E-state index >= 15 is 0 Å². The van der Waals surface area contributed by atoms with Crippen molar-refractivity contribution in [3.05, 3.63) is 38.0 Å². The number of alkyl halides is 2. The third kappa shape index (κ3) is 1.58. The van der Waals surface area contributed by atoms with Gasteiger partial charge in [0.15, 0.2) is 0 Å². The molecule has 0 saturated heterocycles. The lowest BCUT2D eigenvalue weighted by atomic mass is 10.2. The van der Waals surface area contributed by atoms with E-state index in [0.717, 1.165) is 0 Å². The summed E-state index contributed by atoms with van der Waals surface area (Å²) in [6.45, 7) is 0. The minimum atomic E-state index is -3.22. The Hall–Kier alpha value is -1.86. The fraction of sp³-hybridized carbons (Fsp3) is 0.167. The molecule has 0 aliphatic rings. The first-order chi connectivity index (χ1) is 6.45. The molecule has 0 atom stereocenters. The van der Waals surface area contributed by atoms with Crippen LogP contribution in [0.4, 0.5) is 18.9 Å². The number of halogens is 3. The van der Waals surface area contributed by atoms with Gasteiger partial charge in [-0.1, -0.05) is 0 Å². The second-order valence-corrected chi connectivity index (χ2v) is 2.29. The highest BCUT2D eigenvalue weighted by Crippen LogP contribution is 2.24. The zero-order valence-electron chi connectivity index (χ0n) is 6.46. The molecule has 0 saturated carbocycles. The number of rotatable bonds is 2. The number of hydrogen-bond donors (Lipinski definition) is 1. The Bertz CT molecular complexity index is 429. The summed E-state index contributed by atoms with van der Waals surface area (Å²) in [4.78, 5) is 21.1. The van der Waals surface area contributed by atoms with Crippen LogP contribution >= 0.6 is 0 Å². The number of nitrogens with zero attached hydrogens (tertiary/aromatic N) is 1. The number of aromatic nitrogens is 1. The fourth-order valence-electron chi connectivity index (χ4n) is 0.833. The van der Waals surface area contributed by atoms with Crippen molar-refractivity contribution in [1.29, 1.82) is 0 Å². The normalized spacial score (nSPS) is 10.6. The van der Waals surface area contributed by atoms with E-state index in [1.807, 2.05) is 0 Å². The lowest BCUT2D eigenvalue weighted by molar-refractivity contribution is -0.389. The Labute approximate surface area is 74.3 Å². The van der Waals surface area contributed by atoms with Gasteiger partial charge in [0.25, 0.3) is 6.43 Å². The van der Waals surface area contributed by atoms with Crippen LogP contribution in [0, 0.1) is 15.9 Å². The van der Waals surface area contributed by atoms with Gasteiger partial charge in [-0.25, -0.2) is 8.78 Å². The number of H-pyrrole nitrogens is 1. The smallest absolute Gasteiger partial charge is 0.323 e. The van der Waals surface area contributed by atoms with E-state index in [1.54, 1.807) is 4.98 Å². The van der Waals surface area contributed by atoms with Crippen LogP contribution < -0.4 is 5.56 Å². The van der Waals surface area contributed by atoms with Gasteiger partial charge in [0, 0.05) is 6.20 Å². The summed E-state index contributed by atoms with van der Waals surface area (Å²) in [6, 6.07) is 0. The first-order valence-electron chi connectivity index (χ1n) is 3.28. The summed E-state index contributed by atoms with van der Waals surface area (Å²) >= 11 is 0. The SMILES string of the molecule is O=c1[nH]cc(C(F)F)c(F)c1[N+](=O)[O-]. The lowest BCUT2D eigenvalue weighted by Crippen LogP contribution is -2.15.